The largest absolute Gasteiger partial charge is 0.348 e. The Bertz CT molecular complexity index is 892. The van der Waals surface area contributed by atoms with E-state index in [1.54, 1.807) is 10.9 Å². The van der Waals surface area contributed by atoms with Crippen LogP contribution < -0.4 is 4.90 Å². The second kappa shape index (κ2) is 5.81. The molecule has 3 heterocycles. The summed E-state index contributed by atoms with van der Waals surface area (Å²) < 4.78 is 28.6. The van der Waals surface area contributed by atoms with E-state index in [0.29, 0.717) is 16.9 Å². The fourth-order valence-electron chi connectivity index (χ4n) is 3.30. The highest BCUT2D eigenvalue weighted by molar-refractivity contribution is 5.75. The summed E-state index contributed by atoms with van der Waals surface area (Å²) in [7, 11) is 1.89. The molecule has 0 N–H and O–H groups in total. The monoisotopic (exact) mass is 329 g/mol. The number of aromatic nitrogens is 4. The summed E-state index contributed by atoms with van der Waals surface area (Å²) >= 11 is 0. The van der Waals surface area contributed by atoms with Gasteiger partial charge in [0.2, 0.25) is 0 Å². The van der Waals surface area contributed by atoms with Crippen LogP contribution in [-0.4, -0.2) is 26.3 Å². The standard InChI is InChI=1S/C17H17F2N5/c1-23-10-11(8-21-23)16-4-2-3-5-24(16)17-9-20-14-6-12(18)13(19)7-15(14)22-17/h6-10,16H,2-5H2,1H3. The zero-order chi connectivity index (χ0) is 16.7. The van der Waals surface area contributed by atoms with Crippen molar-refractivity contribution in [1.82, 2.24) is 19.7 Å². The molecule has 124 valence electrons. The van der Waals surface area contributed by atoms with Crippen molar-refractivity contribution in [3.05, 3.63) is 47.9 Å². The zero-order valence-electron chi connectivity index (χ0n) is 13.3. The van der Waals surface area contributed by atoms with Gasteiger partial charge in [0, 0.05) is 37.5 Å². The number of hydrogen-bond acceptors (Lipinski definition) is 4. The molecule has 1 fully saturated rings. The number of fused-ring (bicyclic) bond motifs is 1. The van der Waals surface area contributed by atoms with Gasteiger partial charge in [-0.25, -0.2) is 13.8 Å². The van der Waals surface area contributed by atoms with Crippen molar-refractivity contribution >= 4 is 16.9 Å². The highest BCUT2D eigenvalue weighted by Gasteiger charge is 2.26. The summed E-state index contributed by atoms with van der Waals surface area (Å²) in [6, 6.07) is 2.35. The van der Waals surface area contributed by atoms with E-state index < -0.39 is 11.6 Å². The van der Waals surface area contributed by atoms with Crippen molar-refractivity contribution in [2.75, 3.05) is 11.4 Å². The third kappa shape index (κ3) is 2.60. The molecule has 0 spiro atoms. The van der Waals surface area contributed by atoms with E-state index in [0.717, 1.165) is 43.5 Å². The zero-order valence-corrected chi connectivity index (χ0v) is 13.3. The van der Waals surface area contributed by atoms with E-state index in [1.807, 2.05) is 19.4 Å². The molecule has 4 rings (SSSR count). The summed E-state index contributed by atoms with van der Waals surface area (Å²) in [5, 5.41) is 4.25. The van der Waals surface area contributed by atoms with Crippen LogP contribution in [0, 0.1) is 11.6 Å². The highest BCUT2D eigenvalue weighted by Crippen LogP contribution is 2.34. The SMILES string of the molecule is Cn1cc(C2CCCCN2c2cnc3cc(F)c(F)cc3n2)cn1. The minimum absolute atomic E-state index is 0.171. The van der Waals surface area contributed by atoms with E-state index >= 15 is 0 Å². The maximum atomic E-state index is 13.5. The lowest BCUT2D eigenvalue weighted by Crippen LogP contribution is -2.34. The number of benzene rings is 1. The molecule has 5 nitrogen and oxygen atoms in total. The van der Waals surface area contributed by atoms with Crippen molar-refractivity contribution in [2.45, 2.75) is 25.3 Å². The second-order valence-electron chi connectivity index (χ2n) is 6.14. The lowest BCUT2D eigenvalue weighted by molar-refractivity contribution is 0.469. The maximum Gasteiger partial charge on any atom is 0.161 e. The number of halogens is 2. The van der Waals surface area contributed by atoms with Crippen molar-refractivity contribution in [3.8, 4) is 0 Å². The number of hydrogen-bond donors (Lipinski definition) is 0. The van der Waals surface area contributed by atoms with Crippen LogP contribution >= 0.6 is 0 Å². The third-order valence-corrected chi connectivity index (χ3v) is 4.48. The molecule has 1 saturated heterocycles. The van der Waals surface area contributed by atoms with E-state index in [4.69, 9.17) is 0 Å². The van der Waals surface area contributed by atoms with Gasteiger partial charge in [-0.15, -0.1) is 0 Å². The molecular weight excluding hydrogens is 312 g/mol. The van der Waals surface area contributed by atoms with Gasteiger partial charge in [0.1, 0.15) is 5.82 Å². The smallest absolute Gasteiger partial charge is 0.161 e. The van der Waals surface area contributed by atoms with Gasteiger partial charge in [0.25, 0.3) is 0 Å². The molecule has 2 aromatic heterocycles. The molecule has 1 aliphatic heterocycles. The fraction of sp³-hybridized carbons (Fsp3) is 0.353. The van der Waals surface area contributed by atoms with Gasteiger partial charge in [-0.05, 0) is 19.3 Å². The molecule has 1 aromatic carbocycles. The minimum Gasteiger partial charge on any atom is -0.348 e. The molecule has 24 heavy (non-hydrogen) atoms. The molecule has 1 unspecified atom stereocenters. The van der Waals surface area contributed by atoms with E-state index in [1.165, 1.54) is 0 Å². The first-order chi connectivity index (χ1) is 11.6. The Morgan fingerprint density at radius 3 is 2.62 bits per heavy atom. The summed E-state index contributed by atoms with van der Waals surface area (Å²) in [6.45, 7) is 0.851. The predicted octanol–water partition coefficient (Wildman–Crippen LogP) is 3.37. The van der Waals surface area contributed by atoms with Crippen molar-refractivity contribution in [2.24, 2.45) is 7.05 Å². The Morgan fingerprint density at radius 2 is 1.88 bits per heavy atom. The maximum absolute atomic E-state index is 13.5. The van der Waals surface area contributed by atoms with Gasteiger partial charge in [-0.2, -0.15) is 5.10 Å². The highest BCUT2D eigenvalue weighted by atomic mass is 19.2. The molecule has 0 radical (unpaired) electrons. The summed E-state index contributed by atoms with van der Waals surface area (Å²) in [5.41, 5.74) is 1.85. The Morgan fingerprint density at radius 1 is 1.08 bits per heavy atom. The van der Waals surface area contributed by atoms with Gasteiger partial charge in [0.15, 0.2) is 11.6 Å². The van der Waals surface area contributed by atoms with Crippen LogP contribution in [0.1, 0.15) is 30.9 Å². The van der Waals surface area contributed by atoms with Crippen molar-refractivity contribution in [3.63, 3.8) is 0 Å². The normalized spacial score (nSPS) is 18.3. The number of anilines is 1. The fourth-order valence-corrected chi connectivity index (χ4v) is 3.30. The third-order valence-electron chi connectivity index (χ3n) is 4.48. The van der Waals surface area contributed by atoms with Gasteiger partial charge in [0.05, 0.1) is 29.5 Å². The number of rotatable bonds is 2. The average molecular weight is 329 g/mol. The van der Waals surface area contributed by atoms with E-state index in [9.17, 15) is 8.78 Å². The van der Waals surface area contributed by atoms with Gasteiger partial charge in [-0.3, -0.25) is 9.67 Å². The Labute approximate surface area is 137 Å². The van der Waals surface area contributed by atoms with Crippen LogP contribution in [0.25, 0.3) is 11.0 Å². The van der Waals surface area contributed by atoms with Crippen LogP contribution in [0.3, 0.4) is 0 Å². The Kier molecular flexibility index (Phi) is 3.63. The number of nitrogens with zero attached hydrogens (tertiary/aromatic N) is 5. The van der Waals surface area contributed by atoms with Crippen LogP contribution in [0.5, 0.6) is 0 Å². The molecule has 0 aliphatic carbocycles. The molecule has 0 amide bonds. The summed E-state index contributed by atoms with van der Waals surface area (Å²) in [5.74, 6) is -1.13. The van der Waals surface area contributed by atoms with Gasteiger partial charge < -0.3 is 4.90 Å². The number of aryl methyl sites for hydroxylation is 1. The molecular formula is C17H17F2N5. The van der Waals surface area contributed by atoms with Crippen LogP contribution in [-0.2, 0) is 7.05 Å². The lowest BCUT2D eigenvalue weighted by atomic mass is 9.97. The van der Waals surface area contributed by atoms with Gasteiger partial charge >= 0.3 is 0 Å². The molecule has 7 heteroatoms. The van der Waals surface area contributed by atoms with Crippen LogP contribution in [0.2, 0.25) is 0 Å². The first-order valence-electron chi connectivity index (χ1n) is 7.99. The molecule has 1 atom stereocenters. The van der Waals surface area contributed by atoms with Gasteiger partial charge in [-0.1, -0.05) is 0 Å². The van der Waals surface area contributed by atoms with Crippen molar-refractivity contribution in [1.29, 1.82) is 0 Å². The topological polar surface area (TPSA) is 46.8 Å². The second-order valence-corrected chi connectivity index (χ2v) is 6.14. The number of piperidine rings is 1. The Hall–Kier alpha value is -2.57. The quantitative estimate of drug-likeness (QED) is 0.723. The van der Waals surface area contributed by atoms with E-state index in [2.05, 4.69) is 20.0 Å². The van der Waals surface area contributed by atoms with E-state index in [-0.39, 0.29) is 6.04 Å². The first-order valence-corrected chi connectivity index (χ1v) is 7.99. The molecule has 3 aromatic rings. The molecule has 0 bridgehead atoms. The summed E-state index contributed by atoms with van der Waals surface area (Å²) in [6.07, 6.45) is 8.71. The predicted molar refractivity (Wildman–Crippen MR) is 86.6 cm³/mol. The van der Waals surface area contributed by atoms with Crippen molar-refractivity contribution < 1.29 is 8.78 Å². The summed E-state index contributed by atoms with van der Waals surface area (Å²) in [4.78, 5) is 10.9. The Balaban J connectivity index is 1.74. The van der Waals surface area contributed by atoms with Crippen LogP contribution in [0.4, 0.5) is 14.6 Å². The van der Waals surface area contributed by atoms with Crippen LogP contribution in [0.15, 0.2) is 30.7 Å². The minimum atomic E-state index is -0.907. The lowest BCUT2D eigenvalue weighted by Gasteiger charge is -2.36. The first kappa shape index (κ1) is 15.0. The molecule has 1 aliphatic rings. The average Bonchev–Trinajstić information content (AvgIpc) is 3.02. The molecule has 0 saturated carbocycles.